The maximum absolute atomic E-state index is 14.5. The van der Waals surface area contributed by atoms with Crippen molar-refractivity contribution in [1.82, 2.24) is 4.90 Å². The Morgan fingerprint density at radius 3 is 2.46 bits per heavy atom. The number of nitrogens with two attached hydrogens (primary N) is 1. The van der Waals surface area contributed by atoms with Gasteiger partial charge in [0, 0.05) is 30.6 Å². The van der Waals surface area contributed by atoms with Crippen molar-refractivity contribution in [3.8, 4) is 5.75 Å². The van der Waals surface area contributed by atoms with Crippen LogP contribution >= 0.6 is 0 Å². The summed E-state index contributed by atoms with van der Waals surface area (Å²) >= 11 is 0. The highest BCUT2D eigenvalue weighted by Crippen LogP contribution is 2.34. The summed E-state index contributed by atoms with van der Waals surface area (Å²) in [5, 5.41) is 0. The summed E-state index contributed by atoms with van der Waals surface area (Å²) in [5.74, 6) is -4.68. The van der Waals surface area contributed by atoms with Crippen molar-refractivity contribution < 1.29 is 41.0 Å². The molecule has 1 fully saturated rings. The lowest BCUT2D eigenvalue weighted by Crippen LogP contribution is -2.49. The van der Waals surface area contributed by atoms with E-state index in [1.54, 1.807) is 30.3 Å². The van der Waals surface area contributed by atoms with Gasteiger partial charge in [0.15, 0.2) is 17.8 Å². The first-order chi connectivity index (χ1) is 16.6. The van der Waals surface area contributed by atoms with E-state index in [1.807, 2.05) is 0 Å². The fourth-order valence-corrected chi connectivity index (χ4v) is 3.71. The molecule has 0 aromatic heterocycles. The number of piperidine rings is 1. The second-order valence-corrected chi connectivity index (χ2v) is 7.89. The smallest absolute Gasteiger partial charge is 0.486 e. The van der Waals surface area contributed by atoms with Gasteiger partial charge in [-0.1, -0.05) is 30.3 Å². The summed E-state index contributed by atoms with van der Waals surface area (Å²) in [7, 11) is 0. The molecular weight excluding hydrogens is 475 g/mol. The number of carbonyl (C=O) groups excluding carboxylic acids is 2. The van der Waals surface area contributed by atoms with Crippen LogP contribution in [0.5, 0.6) is 5.75 Å². The summed E-state index contributed by atoms with van der Waals surface area (Å²) < 4.78 is 75.6. The number of hydrogen-bond donors (Lipinski definition) is 1. The number of rotatable bonds is 7. The minimum absolute atomic E-state index is 0.0186. The van der Waals surface area contributed by atoms with Crippen LogP contribution in [0.2, 0.25) is 0 Å². The summed E-state index contributed by atoms with van der Waals surface area (Å²) in [6, 6.07) is 12.1. The third-order valence-corrected chi connectivity index (χ3v) is 5.57. The zero-order valence-electron chi connectivity index (χ0n) is 18.4. The van der Waals surface area contributed by atoms with Crippen LogP contribution in [0.3, 0.4) is 0 Å². The summed E-state index contributed by atoms with van der Waals surface area (Å²) in [6.07, 6.45) is -6.15. The summed E-state index contributed by atoms with van der Waals surface area (Å²) in [4.78, 5) is 25.6. The number of likely N-dealkylation sites (tertiary alicyclic amines) is 1. The van der Waals surface area contributed by atoms with Gasteiger partial charge in [-0.15, -0.1) is 0 Å². The largest absolute Gasteiger partial charge is 0.491 e. The van der Waals surface area contributed by atoms with E-state index in [-0.39, 0.29) is 55.3 Å². The third kappa shape index (κ3) is 6.56. The molecule has 1 heterocycles. The lowest BCUT2D eigenvalue weighted by atomic mass is 9.88. The van der Waals surface area contributed by atoms with Crippen molar-refractivity contribution in [1.29, 1.82) is 0 Å². The Morgan fingerprint density at radius 2 is 1.86 bits per heavy atom. The van der Waals surface area contributed by atoms with Crippen molar-refractivity contribution in [2.24, 2.45) is 5.73 Å². The quantitative estimate of drug-likeness (QED) is 0.450. The lowest BCUT2D eigenvalue weighted by molar-refractivity contribution is -0.213. The van der Waals surface area contributed by atoms with Gasteiger partial charge < -0.3 is 20.1 Å². The fraction of sp³-hybridized carbons (Fsp3) is 0.333. The number of esters is 1. The number of amides is 1. The number of carbonyl (C=O) groups is 2. The van der Waals surface area contributed by atoms with Gasteiger partial charge in [0.2, 0.25) is 0 Å². The third-order valence-electron chi connectivity index (χ3n) is 5.57. The molecule has 0 aliphatic carbocycles. The maximum atomic E-state index is 14.5. The van der Waals surface area contributed by atoms with Crippen LogP contribution in [0.4, 0.5) is 22.0 Å². The minimum atomic E-state index is -5.24. The van der Waals surface area contributed by atoms with Crippen LogP contribution in [0, 0.1) is 5.82 Å². The topological polar surface area (TPSA) is 81.9 Å². The molecule has 1 amide bonds. The summed E-state index contributed by atoms with van der Waals surface area (Å²) in [5.41, 5.74) is 6.05. The fourth-order valence-electron chi connectivity index (χ4n) is 3.71. The molecule has 6 nitrogen and oxygen atoms in total. The second-order valence-electron chi connectivity index (χ2n) is 7.89. The highest BCUT2D eigenvalue weighted by molar-refractivity contribution is 5.94. The van der Waals surface area contributed by atoms with E-state index in [4.69, 9.17) is 10.5 Å². The van der Waals surface area contributed by atoms with Gasteiger partial charge >= 0.3 is 12.1 Å². The molecule has 188 valence electrons. The number of nitrogens with zero attached hydrogens (tertiary/aromatic N) is 1. The summed E-state index contributed by atoms with van der Waals surface area (Å²) in [6.45, 7) is -0.458. The number of hydrogen-bond acceptors (Lipinski definition) is 5. The van der Waals surface area contributed by atoms with Gasteiger partial charge in [-0.25, -0.2) is 13.6 Å². The second kappa shape index (κ2) is 11.3. The Kier molecular flexibility index (Phi) is 8.44. The van der Waals surface area contributed by atoms with Crippen LogP contribution in [-0.4, -0.2) is 48.9 Å². The SMILES string of the molecule is NC/C(=C\F)COc1ccc(C(=O)N2CCC(c3ccccc3)CC2OC(=O)C(F)(F)F)cc1F. The Hall–Kier alpha value is -3.47. The van der Waals surface area contributed by atoms with Gasteiger partial charge in [0.05, 0.1) is 6.33 Å². The highest BCUT2D eigenvalue weighted by atomic mass is 19.4. The Morgan fingerprint density at radius 1 is 1.14 bits per heavy atom. The molecule has 1 aliphatic heterocycles. The lowest BCUT2D eigenvalue weighted by Gasteiger charge is -2.39. The van der Waals surface area contributed by atoms with Crippen LogP contribution in [0.25, 0.3) is 0 Å². The minimum Gasteiger partial charge on any atom is -0.486 e. The Balaban J connectivity index is 1.80. The molecule has 0 radical (unpaired) electrons. The highest BCUT2D eigenvalue weighted by Gasteiger charge is 2.45. The molecule has 11 heteroatoms. The molecule has 35 heavy (non-hydrogen) atoms. The molecule has 2 aromatic carbocycles. The van der Waals surface area contributed by atoms with Crippen LogP contribution < -0.4 is 10.5 Å². The van der Waals surface area contributed by atoms with Crippen molar-refractivity contribution in [3.05, 3.63) is 77.4 Å². The molecule has 0 saturated carbocycles. The molecule has 2 unspecified atom stereocenters. The van der Waals surface area contributed by atoms with Crippen LogP contribution in [0.15, 0.2) is 60.4 Å². The first-order valence-corrected chi connectivity index (χ1v) is 10.7. The predicted octanol–water partition coefficient (Wildman–Crippen LogP) is 4.47. The molecule has 1 aliphatic rings. The first-order valence-electron chi connectivity index (χ1n) is 10.7. The van der Waals surface area contributed by atoms with Crippen LogP contribution in [-0.2, 0) is 9.53 Å². The Labute approximate surface area is 198 Å². The average molecular weight is 498 g/mol. The first kappa shape index (κ1) is 26.1. The Bertz CT molecular complexity index is 1080. The van der Waals surface area contributed by atoms with Gasteiger partial charge in [-0.05, 0) is 36.1 Å². The molecule has 1 saturated heterocycles. The van der Waals surface area contributed by atoms with Crippen LogP contribution in [0.1, 0.15) is 34.7 Å². The van der Waals surface area contributed by atoms with Crippen molar-refractivity contribution >= 4 is 11.9 Å². The van der Waals surface area contributed by atoms with Gasteiger partial charge in [-0.2, -0.15) is 13.2 Å². The van der Waals surface area contributed by atoms with Gasteiger partial charge in [0.1, 0.15) is 6.61 Å². The number of benzene rings is 2. The van der Waals surface area contributed by atoms with E-state index in [0.717, 1.165) is 22.6 Å². The van der Waals surface area contributed by atoms with Crippen molar-refractivity contribution in [2.75, 3.05) is 19.7 Å². The predicted molar refractivity (Wildman–Crippen MR) is 116 cm³/mol. The zero-order chi connectivity index (χ0) is 25.6. The molecule has 2 N–H and O–H groups in total. The van der Waals surface area contributed by atoms with E-state index in [2.05, 4.69) is 4.74 Å². The van der Waals surface area contributed by atoms with E-state index >= 15 is 0 Å². The molecule has 0 bridgehead atoms. The number of alkyl halides is 3. The number of ether oxygens (including phenoxy) is 2. The molecule has 0 spiro atoms. The molecular formula is C24H23F5N2O4. The van der Waals surface area contributed by atoms with Gasteiger partial charge in [-0.3, -0.25) is 4.79 Å². The molecule has 2 atom stereocenters. The monoisotopic (exact) mass is 498 g/mol. The maximum Gasteiger partial charge on any atom is 0.491 e. The van der Waals surface area contributed by atoms with E-state index < -0.39 is 30.1 Å². The molecule has 3 rings (SSSR count). The van der Waals surface area contributed by atoms with E-state index in [0.29, 0.717) is 6.42 Å². The number of halogens is 5. The zero-order valence-corrected chi connectivity index (χ0v) is 18.4. The average Bonchev–Trinajstić information content (AvgIpc) is 2.85. The standard InChI is InChI=1S/C24H23F5N2O4/c25-12-15(13-30)14-34-20-7-6-18(10-19(20)26)22(32)31-9-8-17(16-4-2-1-3-5-16)11-21(31)35-23(33)24(27,28)29/h1-7,10,12,17,21H,8-9,11,13-14,30H2/b15-12+. The van der Waals surface area contributed by atoms with E-state index in [1.165, 1.54) is 6.07 Å². The van der Waals surface area contributed by atoms with Crippen molar-refractivity contribution in [2.45, 2.75) is 31.2 Å². The van der Waals surface area contributed by atoms with Gasteiger partial charge in [0.25, 0.3) is 5.91 Å². The van der Waals surface area contributed by atoms with E-state index in [9.17, 15) is 31.5 Å². The normalized spacial score (nSPS) is 18.8. The molecule has 2 aromatic rings. The van der Waals surface area contributed by atoms with Crippen molar-refractivity contribution in [3.63, 3.8) is 0 Å².